The Kier molecular flexibility index (Phi) is 16.6. The van der Waals surface area contributed by atoms with E-state index < -0.39 is 11.9 Å². The van der Waals surface area contributed by atoms with Crippen LogP contribution in [0.4, 0.5) is 11.4 Å². The second-order valence-corrected chi connectivity index (χ2v) is 16.8. The first-order valence-corrected chi connectivity index (χ1v) is 22.9. The first-order valence-electron chi connectivity index (χ1n) is 22.1. The Morgan fingerprint density at radius 1 is 0.831 bits per heavy atom. The van der Waals surface area contributed by atoms with E-state index in [9.17, 15) is 19.2 Å². The molecule has 4 amide bonds. The lowest BCUT2D eigenvalue weighted by Crippen LogP contribution is -2.45. The third-order valence-corrected chi connectivity index (χ3v) is 12.2. The second-order valence-electron chi connectivity index (χ2n) is 15.7. The van der Waals surface area contributed by atoms with Crippen molar-refractivity contribution in [3.05, 3.63) is 124 Å². The highest BCUT2D eigenvalue weighted by atomic mass is 32.1. The number of amides is 4. The first kappa shape index (κ1) is 46.7. The molecular weight excluding hydrogens is 847 g/mol. The number of hydrazine groups is 1. The smallest absolute Gasteiger partial charge is 0.265 e. The van der Waals surface area contributed by atoms with Crippen LogP contribution < -0.4 is 37.2 Å². The Bertz CT molecular complexity index is 2460. The summed E-state index contributed by atoms with van der Waals surface area (Å²) in [6.07, 6.45) is 3.33. The number of thiophene rings is 1. The molecule has 15 nitrogen and oxygen atoms in total. The molecular formula is C49H57N7O8S. The van der Waals surface area contributed by atoms with E-state index in [4.69, 9.17) is 30.5 Å². The van der Waals surface area contributed by atoms with Gasteiger partial charge in [0.25, 0.3) is 11.8 Å². The highest BCUT2D eigenvalue weighted by molar-refractivity contribution is 7.20. The lowest BCUT2D eigenvalue weighted by molar-refractivity contribution is -0.122. The fourth-order valence-electron chi connectivity index (χ4n) is 7.77. The van der Waals surface area contributed by atoms with Crippen molar-refractivity contribution in [2.75, 3.05) is 69.6 Å². The van der Waals surface area contributed by atoms with Crippen molar-refractivity contribution in [3.8, 4) is 5.75 Å². The van der Waals surface area contributed by atoms with Gasteiger partial charge in [0.05, 0.1) is 85.9 Å². The fourth-order valence-corrected chi connectivity index (χ4v) is 8.73. The summed E-state index contributed by atoms with van der Waals surface area (Å²) in [5.41, 5.74) is 11.8. The van der Waals surface area contributed by atoms with Crippen molar-refractivity contribution >= 4 is 67.8 Å². The number of nitrogens with two attached hydrogens (primary N) is 2. The normalized spacial score (nSPS) is 16.1. The van der Waals surface area contributed by atoms with Crippen LogP contribution in [0, 0.1) is 0 Å². The summed E-state index contributed by atoms with van der Waals surface area (Å²) >= 11 is 1.36. The Morgan fingerprint density at radius 3 is 2.32 bits per heavy atom. The summed E-state index contributed by atoms with van der Waals surface area (Å²) in [5, 5.41) is 11.1. The van der Waals surface area contributed by atoms with Gasteiger partial charge in [-0.05, 0) is 73.0 Å². The first-order chi connectivity index (χ1) is 31.7. The van der Waals surface area contributed by atoms with Crippen LogP contribution in [0.25, 0.3) is 21.5 Å². The van der Waals surface area contributed by atoms with Gasteiger partial charge in [-0.3, -0.25) is 19.2 Å². The summed E-state index contributed by atoms with van der Waals surface area (Å²) in [6, 6.07) is 29.2. The zero-order valence-electron chi connectivity index (χ0n) is 36.6. The van der Waals surface area contributed by atoms with Crippen molar-refractivity contribution < 1.29 is 38.1 Å². The molecule has 1 atom stereocenters. The topological polar surface area (TPSA) is 200 Å². The van der Waals surface area contributed by atoms with Gasteiger partial charge in [0.2, 0.25) is 11.8 Å². The van der Waals surface area contributed by atoms with Crippen LogP contribution in [0.15, 0.2) is 97.1 Å². The molecule has 3 heterocycles. The number of hydrogen-bond donors (Lipinski definition) is 5. The van der Waals surface area contributed by atoms with Gasteiger partial charge in [0.1, 0.15) is 18.4 Å². The van der Waals surface area contributed by atoms with E-state index in [-0.39, 0.29) is 36.5 Å². The van der Waals surface area contributed by atoms with Gasteiger partial charge >= 0.3 is 0 Å². The molecule has 65 heavy (non-hydrogen) atoms. The number of hydrogen-bond acceptors (Lipinski definition) is 12. The summed E-state index contributed by atoms with van der Waals surface area (Å²) in [7, 11) is 0. The molecule has 5 aromatic rings. The van der Waals surface area contributed by atoms with Crippen LogP contribution in [0.3, 0.4) is 0 Å². The third kappa shape index (κ3) is 12.1. The monoisotopic (exact) mass is 903 g/mol. The van der Waals surface area contributed by atoms with Gasteiger partial charge in [0, 0.05) is 28.8 Å². The molecule has 4 aromatic carbocycles. The molecule has 7 N–H and O–H groups in total. The minimum absolute atomic E-state index is 0.0414. The van der Waals surface area contributed by atoms with Crippen molar-refractivity contribution in [1.82, 2.24) is 15.6 Å². The number of fused-ring (bicyclic) bond motifs is 3. The van der Waals surface area contributed by atoms with Gasteiger partial charge in [-0.25, -0.2) is 5.84 Å². The minimum Gasteiger partial charge on any atom is -0.491 e. The van der Waals surface area contributed by atoms with Crippen LogP contribution in [-0.4, -0.2) is 94.0 Å². The van der Waals surface area contributed by atoms with Crippen LogP contribution in [0.2, 0.25) is 0 Å². The average Bonchev–Trinajstić information content (AvgIpc) is 3.66. The van der Waals surface area contributed by atoms with Crippen LogP contribution in [0.1, 0.15) is 75.7 Å². The van der Waals surface area contributed by atoms with Gasteiger partial charge in [-0.2, -0.15) is 0 Å². The average molecular weight is 904 g/mol. The predicted octanol–water partition coefficient (Wildman–Crippen LogP) is 6.29. The van der Waals surface area contributed by atoms with Gasteiger partial charge in [-0.1, -0.05) is 67.6 Å². The molecule has 0 aliphatic carbocycles. The SMILES string of the molecule is CCCC(=O)N1Cc2ccccc2/C(N(N)CCOCCOCCOCCOc2ccc(NC(=O)c3cc4ccccc4s3)c(C(=O)NC3CCCCNC3=O)c2)=C(/N)c2ccccc21. The molecule has 1 saturated heterocycles. The lowest BCUT2D eigenvalue weighted by atomic mass is 9.95. The Hall–Kier alpha value is -6.30. The molecule has 0 spiro atoms. The van der Waals surface area contributed by atoms with Crippen molar-refractivity contribution in [3.63, 3.8) is 0 Å². The number of para-hydroxylation sites is 1. The van der Waals surface area contributed by atoms with E-state index in [1.165, 1.54) is 11.3 Å². The lowest BCUT2D eigenvalue weighted by Gasteiger charge is -2.33. The van der Waals surface area contributed by atoms with Crippen LogP contribution in [0.5, 0.6) is 5.75 Å². The van der Waals surface area contributed by atoms with E-state index in [1.54, 1.807) is 23.2 Å². The van der Waals surface area contributed by atoms with E-state index in [0.29, 0.717) is 93.2 Å². The number of anilines is 2. The summed E-state index contributed by atoms with van der Waals surface area (Å²) in [5.74, 6) is 6.06. The predicted molar refractivity (Wildman–Crippen MR) is 253 cm³/mol. The van der Waals surface area contributed by atoms with Crippen molar-refractivity contribution in [2.24, 2.45) is 11.6 Å². The van der Waals surface area contributed by atoms with Crippen LogP contribution >= 0.6 is 11.3 Å². The molecule has 342 valence electrons. The maximum Gasteiger partial charge on any atom is 0.265 e. The van der Waals surface area contributed by atoms with Gasteiger partial charge < -0.3 is 50.5 Å². The number of rotatable bonds is 20. The Morgan fingerprint density at radius 2 is 1.54 bits per heavy atom. The second kappa shape index (κ2) is 23.1. The molecule has 1 unspecified atom stereocenters. The van der Waals surface area contributed by atoms with Crippen molar-refractivity contribution in [1.29, 1.82) is 0 Å². The molecule has 1 fully saturated rings. The van der Waals surface area contributed by atoms with Crippen molar-refractivity contribution in [2.45, 2.75) is 51.6 Å². The molecule has 0 bridgehead atoms. The molecule has 2 aliphatic heterocycles. The molecule has 7 rings (SSSR count). The van der Waals surface area contributed by atoms with E-state index in [1.807, 2.05) is 90.7 Å². The van der Waals surface area contributed by atoms with Gasteiger partial charge in [-0.15, -0.1) is 11.3 Å². The molecule has 1 aromatic heterocycles. The standard InChI is InChI=1S/C49H57N7O8S/c1-2-11-44(57)55-32-34-13-3-5-14-36(34)46(45(50)37-15-6-7-17-41(37)55)56(51)22-23-61-24-25-62-26-27-63-28-29-64-35-19-20-39(53-49(60)43-30-33-12-4-8-18-42(33)65-43)38(31-35)47(58)54-40-16-9-10-21-52-48(40)59/h3-8,12-15,17-20,30-31,40H,2,9-11,16,21-29,32,50-51H2,1H3,(H,52,59)(H,53,60)(H,54,58)/b46-45-. The molecule has 16 heteroatoms. The number of nitrogens with one attached hydrogen (secondary N) is 3. The molecule has 2 aliphatic rings. The summed E-state index contributed by atoms with van der Waals surface area (Å²) in [6.45, 7) is 5.49. The third-order valence-electron chi connectivity index (χ3n) is 11.1. The molecule has 0 saturated carbocycles. The highest BCUT2D eigenvalue weighted by Gasteiger charge is 2.28. The minimum atomic E-state index is -0.687. The number of ether oxygens (including phenoxy) is 4. The number of nitrogens with zero attached hydrogens (tertiary/aromatic N) is 2. The fraction of sp³-hybridized carbons (Fsp3) is 0.347. The number of benzene rings is 4. The summed E-state index contributed by atoms with van der Waals surface area (Å²) in [4.78, 5) is 55.2. The maximum absolute atomic E-state index is 13.6. The summed E-state index contributed by atoms with van der Waals surface area (Å²) < 4.78 is 24.2. The zero-order valence-corrected chi connectivity index (χ0v) is 37.5. The highest BCUT2D eigenvalue weighted by Crippen LogP contribution is 2.37. The molecule has 0 radical (unpaired) electrons. The van der Waals surface area contributed by atoms with E-state index >= 15 is 0 Å². The number of carbonyl (C=O) groups excluding carboxylic acids is 4. The largest absolute Gasteiger partial charge is 0.491 e. The van der Waals surface area contributed by atoms with Crippen LogP contribution in [-0.2, 0) is 30.3 Å². The Balaban J connectivity index is 0.851. The van der Waals surface area contributed by atoms with E-state index in [0.717, 1.165) is 51.7 Å². The number of carbonyl (C=O) groups is 4. The van der Waals surface area contributed by atoms with E-state index in [2.05, 4.69) is 16.0 Å². The maximum atomic E-state index is 13.6. The quantitative estimate of drug-likeness (QED) is 0.0334. The van der Waals surface area contributed by atoms with Gasteiger partial charge in [0.15, 0.2) is 0 Å². The zero-order chi connectivity index (χ0) is 45.5. The Labute approximate surface area is 383 Å².